The SMILES string of the molecule is N=C/C(=C\C(N)=O)c1cccc2ccccc12. The highest BCUT2D eigenvalue weighted by molar-refractivity contribution is 6.18. The molecule has 0 radical (unpaired) electrons. The smallest absolute Gasteiger partial charge is 0.242 e. The van der Waals surface area contributed by atoms with E-state index in [1.807, 2.05) is 42.5 Å². The predicted molar refractivity (Wildman–Crippen MR) is 69.9 cm³/mol. The van der Waals surface area contributed by atoms with Gasteiger partial charge < -0.3 is 11.1 Å². The van der Waals surface area contributed by atoms with E-state index in [1.54, 1.807) is 0 Å². The van der Waals surface area contributed by atoms with Gasteiger partial charge in [0.25, 0.3) is 0 Å². The highest BCUT2D eigenvalue weighted by Crippen LogP contribution is 2.23. The summed E-state index contributed by atoms with van der Waals surface area (Å²) in [4.78, 5) is 10.9. The molecule has 0 atom stereocenters. The zero-order chi connectivity index (χ0) is 12.3. The van der Waals surface area contributed by atoms with E-state index in [9.17, 15) is 4.79 Å². The van der Waals surface area contributed by atoms with E-state index < -0.39 is 5.91 Å². The van der Waals surface area contributed by atoms with Gasteiger partial charge in [-0.3, -0.25) is 4.79 Å². The Hall–Kier alpha value is -2.42. The van der Waals surface area contributed by atoms with E-state index in [0.29, 0.717) is 5.57 Å². The molecule has 0 saturated heterocycles. The summed E-state index contributed by atoms with van der Waals surface area (Å²) in [6.45, 7) is 0. The van der Waals surface area contributed by atoms with Crippen molar-refractivity contribution in [3.8, 4) is 0 Å². The molecular formula is C14H12N2O. The van der Waals surface area contributed by atoms with Crippen molar-refractivity contribution in [2.45, 2.75) is 0 Å². The number of fused-ring (bicyclic) bond motifs is 1. The van der Waals surface area contributed by atoms with E-state index in [2.05, 4.69) is 0 Å². The van der Waals surface area contributed by atoms with Crippen LogP contribution in [-0.4, -0.2) is 12.1 Å². The topological polar surface area (TPSA) is 66.9 Å². The van der Waals surface area contributed by atoms with Crippen LogP contribution in [0.3, 0.4) is 0 Å². The molecule has 0 unspecified atom stereocenters. The number of carbonyl (C=O) groups is 1. The molecule has 2 rings (SSSR count). The average molecular weight is 224 g/mol. The number of hydrogen-bond donors (Lipinski definition) is 2. The molecule has 0 bridgehead atoms. The number of amides is 1. The molecule has 0 aromatic heterocycles. The van der Waals surface area contributed by atoms with E-state index in [0.717, 1.165) is 22.6 Å². The molecule has 3 nitrogen and oxygen atoms in total. The Morgan fingerprint density at radius 3 is 2.53 bits per heavy atom. The van der Waals surface area contributed by atoms with Crippen LogP contribution < -0.4 is 5.73 Å². The van der Waals surface area contributed by atoms with E-state index in [-0.39, 0.29) is 0 Å². The van der Waals surface area contributed by atoms with Crippen LogP contribution in [0.4, 0.5) is 0 Å². The van der Waals surface area contributed by atoms with Gasteiger partial charge in [-0.2, -0.15) is 0 Å². The third-order valence-corrected chi connectivity index (χ3v) is 2.55. The Morgan fingerprint density at radius 2 is 1.82 bits per heavy atom. The molecule has 2 aromatic carbocycles. The Balaban J connectivity index is 2.70. The van der Waals surface area contributed by atoms with Gasteiger partial charge in [0.05, 0.1) is 0 Å². The number of allylic oxidation sites excluding steroid dienone is 1. The van der Waals surface area contributed by atoms with Crippen LogP contribution in [0.25, 0.3) is 16.3 Å². The van der Waals surface area contributed by atoms with Crippen molar-refractivity contribution in [2.75, 3.05) is 0 Å². The summed E-state index contributed by atoms with van der Waals surface area (Å²) in [5.41, 5.74) is 6.50. The largest absolute Gasteiger partial charge is 0.366 e. The van der Waals surface area contributed by atoms with Crippen molar-refractivity contribution in [3.63, 3.8) is 0 Å². The molecule has 0 aliphatic carbocycles. The van der Waals surface area contributed by atoms with Gasteiger partial charge in [0.15, 0.2) is 0 Å². The van der Waals surface area contributed by atoms with Crippen molar-refractivity contribution in [3.05, 3.63) is 54.1 Å². The number of rotatable bonds is 3. The molecule has 3 heteroatoms. The summed E-state index contributed by atoms with van der Waals surface area (Å²) in [5, 5.41) is 9.44. The van der Waals surface area contributed by atoms with Gasteiger partial charge in [0.2, 0.25) is 5.91 Å². The van der Waals surface area contributed by atoms with E-state index in [4.69, 9.17) is 11.1 Å². The number of benzene rings is 2. The molecule has 0 spiro atoms. The minimum atomic E-state index is -0.545. The molecular weight excluding hydrogens is 212 g/mol. The van der Waals surface area contributed by atoms with Gasteiger partial charge in [-0.1, -0.05) is 42.5 Å². The molecule has 84 valence electrons. The highest BCUT2D eigenvalue weighted by atomic mass is 16.1. The second-order valence-electron chi connectivity index (χ2n) is 3.67. The number of nitrogens with two attached hydrogens (primary N) is 1. The first-order valence-corrected chi connectivity index (χ1v) is 5.22. The minimum absolute atomic E-state index is 0.523. The molecule has 0 fully saturated rings. The second kappa shape index (κ2) is 4.61. The second-order valence-corrected chi connectivity index (χ2v) is 3.67. The van der Waals surface area contributed by atoms with Crippen LogP contribution in [0.2, 0.25) is 0 Å². The Kier molecular flexibility index (Phi) is 3.01. The van der Waals surface area contributed by atoms with Crippen molar-refractivity contribution >= 4 is 28.5 Å². The lowest BCUT2D eigenvalue weighted by molar-refractivity contribution is -0.113. The Morgan fingerprint density at radius 1 is 1.12 bits per heavy atom. The lowest BCUT2D eigenvalue weighted by Gasteiger charge is -2.06. The normalized spacial score (nSPS) is 11.4. The molecule has 1 amide bonds. The third kappa shape index (κ3) is 2.23. The molecule has 2 aromatic rings. The fraction of sp³-hybridized carbons (Fsp3) is 0. The van der Waals surface area contributed by atoms with Crippen LogP contribution >= 0.6 is 0 Å². The van der Waals surface area contributed by atoms with E-state index >= 15 is 0 Å². The standard InChI is InChI=1S/C14H12N2O/c15-9-11(8-14(16)17)13-7-3-5-10-4-1-2-6-12(10)13/h1-9,15H,(H2,16,17)/b11-8+,15-9?. The summed E-state index contributed by atoms with van der Waals surface area (Å²) in [6.07, 6.45) is 2.42. The first kappa shape index (κ1) is 11.1. The summed E-state index contributed by atoms with van der Waals surface area (Å²) in [7, 11) is 0. The molecule has 0 aliphatic heterocycles. The van der Waals surface area contributed by atoms with Crippen LogP contribution in [0.5, 0.6) is 0 Å². The number of nitrogens with one attached hydrogen (secondary N) is 1. The predicted octanol–water partition coefficient (Wildman–Crippen LogP) is 2.36. The molecule has 0 saturated carbocycles. The minimum Gasteiger partial charge on any atom is -0.366 e. The third-order valence-electron chi connectivity index (χ3n) is 2.55. The Labute approximate surface area is 99.1 Å². The van der Waals surface area contributed by atoms with Gasteiger partial charge in [-0.05, 0) is 16.3 Å². The van der Waals surface area contributed by atoms with Crippen molar-refractivity contribution in [1.29, 1.82) is 5.41 Å². The number of hydrogen-bond acceptors (Lipinski definition) is 2. The maximum Gasteiger partial charge on any atom is 0.242 e. The van der Waals surface area contributed by atoms with Crippen molar-refractivity contribution < 1.29 is 4.79 Å². The Bertz CT molecular complexity index is 609. The van der Waals surface area contributed by atoms with Crippen LogP contribution in [-0.2, 0) is 4.79 Å². The summed E-state index contributed by atoms with van der Waals surface area (Å²) in [6, 6.07) is 13.6. The van der Waals surface area contributed by atoms with E-state index in [1.165, 1.54) is 6.08 Å². The maximum atomic E-state index is 10.9. The number of carbonyl (C=O) groups excluding carboxylic acids is 1. The highest BCUT2D eigenvalue weighted by Gasteiger charge is 2.04. The van der Waals surface area contributed by atoms with Crippen molar-refractivity contribution in [2.24, 2.45) is 5.73 Å². The maximum absolute atomic E-state index is 10.9. The van der Waals surface area contributed by atoms with Gasteiger partial charge in [0.1, 0.15) is 0 Å². The summed E-state index contributed by atoms with van der Waals surface area (Å²) in [5.74, 6) is -0.545. The number of primary amides is 1. The first-order chi connectivity index (χ1) is 8.22. The average Bonchev–Trinajstić information content (AvgIpc) is 2.35. The van der Waals surface area contributed by atoms with Gasteiger partial charge in [-0.15, -0.1) is 0 Å². The van der Waals surface area contributed by atoms with Crippen molar-refractivity contribution in [1.82, 2.24) is 0 Å². The summed E-state index contributed by atoms with van der Waals surface area (Å²) < 4.78 is 0. The van der Waals surface area contributed by atoms with Crippen LogP contribution in [0.15, 0.2) is 48.5 Å². The molecule has 17 heavy (non-hydrogen) atoms. The van der Waals surface area contributed by atoms with Crippen LogP contribution in [0, 0.1) is 5.41 Å². The lowest BCUT2D eigenvalue weighted by atomic mass is 9.98. The molecule has 0 heterocycles. The molecule has 0 aliphatic rings. The monoisotopic (exact) mass is 224 g/mol. The summed E-state index contributed by atoms with van der Waals surface area (Å²) >= 11 is 0. The van der Waals surface area contributed by atoms with Gasteiger partial charge in [0, 0.05) is 17.9 Å². The first-order valence-electron chi connectivity index (χ1n) is 5.22. The van der Waals surface area contributed by atoms with Gasteiger partial charge in [-0.25, -0.2) is 0 Å². The lowest BCUT2D eigenvalue weighted by Crippen LogP contribution is -2.07. The quantitative estimate of drug-likeness (QED) is 0.610. The van der Waals surface area contributed by atoms with Crippen LogP contribution in [0.1, 0.15) is 5.56 Å². The molecule has 3 N–H and O–H groups in total. The van der Waals surface area contributed by atoms with Gasteiger partial charge >= 0.3 is 0 Å². The zero-order valence-electron chi connectivity index (χ0n) is 9.18. The zero-order valence-corrected chi connectivity index (χ0v) is 9.18. The fourth-order valence-electron chi connectivity index (χ4n) is 1.83. The fourth-order valence-corrected chi connectivity index (χ4v) is 1.83.